The van der Waals surface area contributed by atoms with E-state index in [-0.39, 0.29) is 0 Å². The van der Waals surface area contributed by atoms with Crippen LogP contribution in [0.3, 0.4) is 0 Å². The highest BCUT2D eigenvalue weighted by molar-refractivity contribution is 5.37. The summed E-state index contributed by atoms with van der Waals surface area (Å²) in [7, 11) is 0. The van der Waals surface area contributed by atoms with Crippen molar-refractivity contribution in [2.75, 3.05) is 6.54 Å². The number of benzene rings is 1. The summed E-state index contributed by atoms with van der Waals surface area (Å²) in [4.78, 5) is 0. The Morgan fingerprint density at radius 3 is 2.77 bits per heavy atom. The Balaban J connectivity index is 2.11. The molecule has 0 bridgehead atoms. The van der Waals surface area contributed by atoms with Crippen LogP contribution < -0.4 is 5.32 Å². The first-order valence-electron chi connectivity index (χ1n) is 5.24. The largest absolute Gasteiger partial charge is 0.307 e. The Labute approximate surface area is 79.2 Å². The highest BCUT2D eigenvalue weighted by atomic mass is 15.0. The molecule has 0 radical (unpaired) electrons. The van der Waals surface area contributed by atoms with E-state index in [4.69, 9.17) is 0 Å². The first-order chi connectivity index (χ1) is 6.41. The molecule has 1 nitrogen and oxygen atoms in total. The lowest BCUT2D eigenvalue weighted by atomic mass is 9.71. The Morgan fingerprint density at radius 2 is 2.00 bits per heavy atom. The molecule has 13 heavy (non-hydrogen) atoms. The summed E-state index contributed by atoms with van der Waals surface area (Å²) in [5.41, 5.74) is 3.53. The maximum atomic E-state index is 3.62. The highest BCUT2D eigenvalue weighted by Gasteiger charge is 2.40. The van der Waals surface area contributed by atoms with Crippen molar-refractivity contribution in [3.05, 3.63) is 35.4 Å². The predicted octanol–water partition coefficient (Wildman–Crippen LogP) is 2.21. The fraction of sp³-hybridized carbons (Fsp3) is 0.500. The van der Waals surface area contributed by atoms with Gasteiger partial charge in [-0.1, -0.05) is 24.3 Å². The Kier molecular flexibility index (Phi) is 1.50. The van der Waals surface area contributed by atoms with Gasteiger partial charge in [0.2, 0.25) is 0 Å². The van der Waals surface area contributed by atoms with E-state index in [0.29, 0.717) is 5.54 Å². The van der Waals surface area contributed by atoms with E-state index in [1.54, 1.807) is 11.1 Å². The molecule has 1 fully saturated rings. The molecule has 1 aliphatic heterocycles. The zero-order chi connectivity index (χ0) is 8.73. The van der Waals surface area contributed by atoms with E-state index in [0.717, 1.165) is 0 Å². The zero-order valence-corrected chi connectivity index (χ0v) is 7.84. The van der Waals surface area contributed by atoms with Crippen LogP contribution in [0.5, 0.6) is 0 Å². The molecule has 0 amide bonds. The highest BCUT2D eigenvalue weighted by Crippen LogP contribution is 2.41. The third-order valence-corrected chi connectivity index (χ3v) is 3.60. The van der Waals surface area contributed by atoms with Gasteiger partial charge in [0.15, 0.2) is 0 Å². The fourth-order valence-electron chi connectivity index (χ4n) is 2.79. The smallest absolute Gasteiger partial charge is 0.0449 e. The van der Waals surface area contributed by atoms with Crippen LogP contribution in [0.25, 0.3) is 0 Å². The topological polar surface area (TPSA) is 12.0 Å². The van der Waals surface area contributed by atoms with Crippen molar-refractivity contribution in [3.63, 3.8) is 0 Å². The van der Waals surface area contributed by atoms with E-state index in [9.17, 15) is 0 Å². The van der Waals surface area contributed by atoms with Crippen LogP contribution in [0.4, 0.5) is 0 Å². The molecule has 1 heteroatoms. The normalized spacial score (nSPS) is 31.1. The van der Waals surface area contributed by atoms with Gasteiger partial charge in [0.25, 0.3) is 0 Å². The van der Waals surface area contributed by atoms with Crippen molar-refractivity contribution >= 4 is 0 Å². The quantitative estimate of drug-likeness (QED) is 0.634. The lowest BCUT2D eigenvalue weighted by molar-refractivity contribution is 0.178. The molecule has 3 rings (SSSR count). The van der Waals surface area contributed by atoms with Crippen LogP contribution >= 0.6 is 0 Å². The molecule has 1 aromatic rings. The molecule has 1 spiro atoms. The van der Waals surface area contributed by atoms with E-state index in [1.165, 1.54) is 32.2 Å². The van der Waals surface area contributed by atoms with Crippen LogP contribution in [0.2, 0.25) is 0 Å². The Bertz CT molecular complexity index is 326. The van der Waals surface area contributed by atoms with Crippen LogP contribution in [-0.4, -0.2) is 6.54 Å². The zero-order valence-electron chi connectivity index (χ0n) is 7.84. The lowest BCUT2D eigenvalue weighted by Crippen LogP contribution is -2.55. The monoisotopic (exact) mass is 173 g/mol. The van der Waals surface area contributed by atoms with E-state index < -0.39 is 0 Å². The summed E-state index contributed by atoms with van der Waals surface area (Å²) in [6.07, 6.45) is 5.30. The maximum absolute atomic E-state index is 3.62. The third kappa shape index (κ3) is 0.969. The second-order valence-corrected chi connectivity index (χ2v) is 4.27. The third-order valence-electron chi connectivity index (χ3n) is 3.60. The van der Waals surface area contributed by atoms with Crippen molar-refractivity contribution in [1.82, 2.24) is 5.32 Å². The number of aryl methyl sites for hydroxylation is 1. The number of rotatable bonds is 0. The molecule has 0 unspecified atom stereocenters. The van der Waals surface area contributed by atoms with Crippen molar-refractivity contribution < 1.29 is 0 Å². The molecule has 2 aliphatic rings. The van der Waals surface area contributed by atoms with Crippen molar-refractivity contribution in [1.29, 1.82) is 0 Å². The van der Waals surface area contributed by atoms with E-state index >= 15 is 0 Å². The summed E-state index contributed by atoms with van der Waals surface area (Å²) in [5.74, 6) is 0. The average molecular weight is 173 g/mol. The SMILES string of the molecule is c1ccc2c(c1)CCC[C@@]21CCN1. The fourth-order valence-corrected chi connectivity index (χ4v) is 2.79. The standard InChI is InChI=1S/C12H15N/c1-2-6-11-10(4-1)5-3-7-12(11)8-9-13-12/h1-2,4,6,13H,3,5,7-9H2/t12-/m1/s1. The summed E-state index contributed by atoms with van der Waals surface area (Å²) in [6, 6.07) is 8.93. The van der Waals surface area contributed by atoms with Crippen molar-refractivity contribution in [2.45, 2.75) is 31.2 Å². The lowest BCUT2D eigenvalue weighted by Gasteiger charge is -2.47. The van der Waals surface area contributed by atoms with Gasteiger partial charge in [-0.05, 0) is 43.4 Å². The van der Waals surface area contributed by atoms with Gasteiger partial charge in [-0.15, -0.1) is 0 Å². The average Bonchev–Trinajstić information content (AvgIpc) is 2.14. The summed E-state index contributed by atoms with van der Waals surface area (Å²) >= 11 is 0. The molecular formula is C12H15N. The number of hydrogen-bond donors (Lipinski definition) is 1. The van der Waals surface area contributed by atoms with Gasteiger partial charge in [0.1, 0.15) is 0 Å². The van der Waals surface area contributed by atoms with Crippen molar-refractivity contribution in [3.8, 4) is 0 Å². The molecule has 68 valence electrons. The van der Waals surface area contributed by atoms with Gasteiger partial charge in [-0.3, -0.25) is 0 Å². The van der Waals surface area contributed by atoms with Gasteiger partial charge >= 0.3 is 0 Å². The molecule has 1 N–H and O–H groups in total. The van der Waals surface area contributed by atoms with Crippen LogP contribution in [-0.2, 0) is 12.0 Å². The molecule has 1 aliphatic carbocycles. The van der Waals surface area contributed by atoms with Gasteiger partial charge in [-0.2, -0.15) is 0 Å². The molecule has 0 aromatic heterocycles. The van der Waals surface area contributed by atoms with Gasteiger partial charge < -0.3 is 5.32 Å². The first-order valence-corrected chi connectivity index (χ1v) is 5.24. The molecular weight excluding hydrogens is 158 g/mol. The minimum absolute atomic E-state index is 0.384. The summed E-state index contributed by atoms with van der Waals surface area (Å²) < 4.78 is 0. The van der Waals surface area contributed by atoms with Gasteiger partial charge in [0.05, 0.1) is 0 Å². The van der Waals surface area contributed by atoms with Crippen molar-refractivity contribution in [2.24, 2.45) is 0 Å². The van der Waals surface area contributed by atoms with Crippen LogP contribution in [0, 0.1) is 0 Å². The molecule has 1 saturated heterocycles. The Morgan fingerprint density at radius 1 is 1.15 bits per heavy atom. The van der Waals surface area contributed by atoms with Gasteiger partial charge in [-0.25, -0.2) is 0 Å². The van der Waals surface area contributed by atoms with Crippen LogP contribution in [0.1, 0.15) is 30.4 Å². The Hall–Kier alpha value is -0.820. The minimum atomic E-state index is 0.384. The van der Waals surface area contributed by atoms with Crippen LogP contribution in [0.15, 0.2) is 24.3 Å². The van der Waals surface area contributed by atoms with E-state index in [2.05, 4.69) is 29.6 Å². The molecule has 0 saturated carbocycles. The number of nitrogens with one attached hydrogen (secondary N) is 1. The van der Waals surface area contributed by atoms with Gasteiger partial charge in [0, 0.05) is 5.54 Å². The number of hydrogen-bond acceptors (Lipinski definition) is 1. The summed E-state index contributed by atoms with van der Waals surface area (Å²) in [6.45, 7) is 1.20. The minimum Gasteiger partial charge on any atom is -0.307 e. The molecule has 1 atom stereocenters. The second-order valence-electron chi connectivity index (χ2n) is 4.27. The van der Waals surface area contributed by atoms with E-state index in [1.807, 2.05) is 0 Å². The predicted molar refractivity (Wildman–Crippen MR) is 53.7 cm³/mol. The molecule has 1 heterocycles. The maximum Gasteiger partial charge on any atom is 0.0449 e. The number of fused-ring (bicyclic) bond motifs is 2. The second kappa shape index (κ2) is 2.58. The molecule has 1 aromatic carbocycles. The summed E-state index contributed by atoms with van der Waals surface area (Å²) in [5, 5.41) is 3.62. The first kappa shape index (κ1) is 7.57.